The number of benzene rings is 1. The molecule has 0 spiro atoms. The zero-order chi connectivity index (χ0) is 20.6. The van der Waals surface area contributed by atoms with Crippen LogP contribution in [0.3, 0.4) is 0 Å². The molecule has 1 atom stereocenters. The molecule has 2 amide bonds. The number of piperidine rings is 1. The molecule has 2 heterocycles. The Bertz CT molecular complexity index is 699. The molecule has 0 aromatic heterocycles. The third-order valence-electron chi connectivity index (χ3n) is 5.70. The van der Waals surface area contributed by atoms with E-state index < -0.39 is 0 Å². The van der Waals surface area contributed by atoms with Crippen molar-refractivity contribution in [3.05, 3.63) is 23.8 Å². The van der Waals surface area contributed by atoms with Crippen LogP contribution < -0.4 is 15.5 Å². The molecule has 2 fully saturated rings. The largest absolute Gasteiger partial charge is 0.376 e. The van der Waals surface area contributed by atoms with Gasteiger partial charge in [0.1, 0.15) is 0 Å². The summed E-state index contributed by atoms with van der Waals surface area (Å²) in [4.78, 5) is 27.4. The van der Waals surface area contributed by atoms with Crippen LogP contribution in [0.4, 0.5) is 11.4 Å². The van der Waals surface area contributed by atoms with Gasteiger partial charge in [0.15, 0.2) is 0 Å². The lowest BCUT2D eigenvalue weighted by Crippen LogP contribution is -2.36. The summed E-state index contributed by atoms with van der Waals surface area (Å²) in [5.74, 6) is 0.960. The summed E-state index contributed by atoms with van der Waals surface area (Å²) in [6.45, 7) is 5.43. The second-order valence-corrected chi connectivity index (χ2v) is 8.47. The fourth-order valence-electron chi connectivity index (χ4n) is 3.88. The summed E-state index contributed by atoms with van der Waals surface area (Å²) in [6.07, 6.45) is 5.36. The molecule has 160 valence electrons. The van der Waals surface area contributed by atoms with Gasteiger partial charge in [-0.1, -0.05) is 6.92 Å². The molecular formula is C22H32ClN3O3. The Morgan fingerprint density at radius 1 is 1.24 bits per heavy atom. The van der Waals surface area contributed by atoms with Crippen molar-refractivity contribution in [2.75, 3.05) is 42.3 Å². The zero-order valence-electron chi connectivity index (χ0n) is 17.2. The third kappa shape index (κ3) is 6.34. The first-order valence-corrected chi connectivity index (χ1v) is 11.2. The number of rotatable bonds is 8. The van der Waals surface area contributed by atoms with Crippen molar-refractivity contribution in [3.63, 3.8) is 0 Å². The number of anilines is 2. The average molecular weight is 422 g/mol. The molecule has 0 aliphatic carbocycles. The number of ether oxygens (including phenoxy) is 1. The van der Waals surface area contributed by atoms with Crippen LogP contribution in [0, 0.1) is 5.92 Å². The van der Waals surface area contributed by atoms with E-state index in [9.17, 15) is 9.59 Å². The van der Waals surface area contributed by atoms with Gasteiger partial charge in [0.2, 0.25) is 5.91 Å². The van der Waals surface area contributed by atoms with Crippen LogP contribution in [0.1, 0.15) is 55.8 Å². The average Bonchev–Trinajstić information content (AvgIpc) is 3.25. The SMILES string of the molecule is CC1CCN(c2ccc(NC(=O)CCCCl)cc2C(=O)NCC2CCCO2)CC1. The Hall–Kier alpha value is -1.79. The van der Waals surface area contributed by atoms with E-state index >= 15 is 0 Å². The van der Waals surface area contributed by atoms with E-state index in [2.05, 4.69) is 22.5 Å². The van der Waals surface area contributed by atoms with Crippen LogP contribution in [0.2, 0.25) is 0 Å². The number of amides is 2. The summed E-state index contributed by atoms with van der Waals surface area (Å²) in [6, 6.07) is 5.62. The molecule has 1 unspecified atom stereocenters. The minimum absolute atomic E-state index is 0.0871. The van der Waals surface area contributed by atoms with Gasteiger partial charge in [-0.3, -0.25) is 9.59 Å². The quantitative estimate of drug-likeness (QED) is 0.626. The Morgan fingerprint density at radius 2 is 2.03 bits per heavy atom. The molecule has 0 radical (unpaired) electrons. The number of hydrogen-bond acceptors (Lipinski definition) is 4. The minimum atomic E-state index is -0.119. The number of hydrogen-bond donors (Lipinski definition) is 2. The highest BCUT2D eigenvalue weighted by molar-refractivity contribution is 6.18. The number of nitrogens with one attached hydrogen (secondary N) is 2. The molecule has 2 N–H and O–H groups in total. The van der Waals surface area contributed by atoms with Crippen molar-refractivity contribution < 1.29 is 14.3 Å². The van der Waals surface area contributed by atoms with Gasteiger partial charge in [-0.2, -0.15) is 0 Å². The van der Waals surface area contributed by atoms with Crippen molar-refractivity contribution in [2.24, 2.45) is 5.92 Å². The standard InChI is InChI=1S/C22H32ClN3O3/c1-16-8-11-26(12-9-16)20-7-6-17(25-21(27)5-2-10-23)14-19(20)22(28)24-15-18-4-3-13-29-18/h6-7,14,16,18H,2-5,8-13,15H2,1H3,(H,24,28)(H,25,27). The van der Waals surface area contributed by atoms with Crippen LogP contribution in [0.5, 0.6) is 0 Å². The molecule has 6 nitrogen and oxygen atoms in total. The van der Waals surface area contributed by atoms with Gasteiger partial charge < -0.3 is 20.3 Å². The number of carbonyl (C=O) groups excluding carboxylic acids is 2. The van der Waals surface area contributed by atoms with Crippen LogP contribution in [-0.2, 0) is 9.53 Å². The van der Waals surface area contributed by atoms with Crippen LogP contribution >= 0.6 is 11.6 Å². The zero-order valence-corrected chi connectivity index (χ0v) is 18.0. The highest BCUT2D eigenvalue weighted by Gasteiger charge is 2.23. The first-order valence-electron chi connectivity index (χ1n) is 10.7. The number of nitrogens with zero attached hydrogens (tertiary/aromatic N) is 1. The molecule has 1 aromatic rings. The first kappa shape index (κ1) is 21.9. The van der Waals surface area contributed by atoms with E-state index in [1.165, 1.54) is 0 Å². The van der Waals surface area contributed by atoms with Crippen molar-refractivity contribution in [2.45, 2.75) is 51.6 Å². The van der Waals surface area contributed by atoms with Gasteiger partial charge in [-0.15, -0.1) is 11.6 Å². The van der Waals surface area contributed by atoms with Crippen molar-refractivity contribution >= 4 is 34.8 Å². The van der Waals surface area contributed by atoms with Crippen molar-refractivity contribution in [3.8, 4) is 0 Å². The minimum Gasteiger partial charge on any atom is -0.376 e. The predicted octanol–water partition coefficient (Wildman–Crippen LogP) is 3.79. The first-order chi connectivity index (χ1) is 14.1. The fraction of sp³-hybridized carbons (Fsp3) is 0.636. The van der Waals surface area contributed by atoms with Crippen molar-refractivity contribution in [1.82, 2.24) is 5.32 Å². The van der Waals surface area contributed by atoms with Gasteiger partial charge in [-0.25, -0.2) is 0 Å². The van der Waals surface area contributed by atoms with Crippen LogP contribution in [0.15, 0.2) is 18.2 Å². The van der Waals surface area contributed by atoms with Gasteiger partial charge >= 0.3 is 0 Å². The summed E-state index contributed by atoms with van der Waals surface area (Å²) in [5.41, 5.74) is 2.18. The molecule has 7 heteroatoms. The van der Waals surface area contributed by atoms with Crippen LogP contribution in [-0.4, -0.2) is 50.0 Å². The fourth-order valence-corrected chi connectivity index (χ4v) is 4.01. The van der Waals surface area contributed by atoms with E-state index in [1.807, 2.05) is 12.1 Å². The maximum atomic E-state index is 13.0. The van der Waals surface area contributed by atoms with Gasteiger partial charge in [-0.05, 0) is 56.2 Å². The maximum absolute atomic E-state index is 13.0. The monoisotopic (exact) mass is 421 g/mol. The highest BCUT2D eigenvalue weighted by Crippen LogP contribution is 2.29. The smallest absolute Gasteiger partial charge is 0.253 e. The lowest BCUT2D eigenvalue weighted by atomic mass is 9.97. The topological polar surface area (TPSA) is 70.7 Å². The lowest BCUT2D eigenvalue weighted by Gasteiger charge is -2.33. The summed E-state index contributed by atoms with van der Waals surface area (Å²) < 4.78 is 5.62. The Balaban J connectivity index is 1.74. The van der Waals surface area contributed by atoms with E-state index in [0.717, 1.165) is 51.1 Å². The molecule has 3 rings (SSSR count). The maximum Gasteiger partial charge on any atom is 0.253 e. The molecule has 2 aliphatic heterocycles. The van der Waals surface area contributed by atoms with E-state index in [4.69, 9.17) is 16.3 Å². The summed E-state index contributed by atoms with van der Waals surface area (Å²) in [5, 5.41) is 5.91. The van der Waals surface area contributed by atoms with Gasteiger partial charge in [0, 0.05) is 49.9 Å². The molecule has 2 saturated heterocycles. The lowest BCUT2D eigenvalue weighted by molar-refractivity contribution is -0.116. The number of alkyl halides is 1. The molecule has 0 bridgehead atoms. The third-order valence-corrected chi connectivity index (χ3v) is 5.97. The Labute approximate surface area is 178 Å². The van der Waals surface area contributed by atoms with Crippen LogP contribution in [0.25, 0.3) is 0 Å². The summed E-state index contributed by atoms with van der Waals surface area (Å²) >= 11 is 5.67. The molecule has 0 saturated carbocycles. The highest BCUT2D eigenvalue weighted by atomic mass is 35.5. The van der Waals surface area contributed by atoms with Crippen molar-refractivity contribution in [1.29, 1.82) is 0 Å². The number of carbonyl (C=O) groups is 2. The number of halogens is 1. The second kappa shape index (κ2) is 10.8. The van der Waals surface area contributed by atoms with Gasteiger partial charge in [0.25, 0.3) is 5.91 Å². The molecular weight excluding hydrogens is 390 g/mol. The van der Waals surface area contributed by atoms with E-state index in [-0.39, 0.29) is 17.9 Å². The Morgan fingerprint density at radius 3 is 2.72 bits per heavy atom. The van der Waals surface area contributed by atoms with E-state index in [0.29, 0.717) is 42.4 Å². The molecule has 29 heavy (non-hydrogen) atoms. The Kier molecular flexibility index (Phi) is 8.19. The van der Waals surface area contributed by atoms with Gasteiger partial charge in [0.05, 0.1) is 11.7 Å². The predicted molar refractivity (Wildman–Crippen MR) is 117 cm³/mol. The molecule has 1 aromatic carbocycles. The second-order valence-electron chi connectivity index (χ2n) is 8.09. The van der Waals surface area contributed by atoms with E-state index in [1.54, 1.807) is 6.07 Å². The molecule has 2 aliphatic rings. The summed E-state index contributed by atoms with van der Waals surface area (Å²) in [7, 11) is 0. The normalized spacial score (nSPS) is 19.9.